The van der Waals surface area contributed by atoms with Gasteiger partial charge in [0.05, 0.1) is 0 Å². The molecule has 0 amide bonds. The smallest absolute Gasteiger partial charge is 0.328 e. The topological polar surface area (TPSA) is 80.7 Å². The molecule has 0 spiro atoms. The summed E-state index contributed by atoms with van der Waals surface area (Å²) in [5, 5.41) is 8.21. The second-order valence-corrected chi connectivity index (χ2v) is 2.49. The van der Waals surface area contributed by atoms with Gasteiger partial charge in [-0.05, 0) is 6.42 Å². The minimum atomic E-state index is -0.989. The van der Waals surface area contributed by atoms with E-state index in [0.29, 0.717) is 0 Å². The fourth-order valence-corrected chi connectivity index (χ4v) is 0.644. The molecule has 0 saturated carbocycles. The summed E-state index contributed by atoms with van der Waals surface area (Å²) in [6.45, 7) is 0. The lowest BCUT2D eigenvalue weighted by Crippen LogP contribution is -2.13. The minimum Gasteiger partial charge on any atom is -0.481 e. The molecule has 0 aromatic heterocycles. The lowest BCUT2D eigenvalue weighted by atomic mass is 10.2. The number of aliphatic carboxylic acids is 1. The highest BCUT2D eigenvalue weighted by molar-refractivity contribution is 6.27. The largest absolute Gasteiger partial charge is 0.481 e. The zero-order valence-electron chi connectivity index (χ0n) is 6.79. The Morgan fingerprint density at radius 2 is 1.77 bits per heavy atom. The number of ether oxygens (including phenoxy) is 1. The summed E-state index contributed by atoms with van der Waals surface area (Å²) in [7, 11) is 0. The molecule has 0 heterocycles. The van der Waals surface area contributed by atoms with Crippen molar-refractivity contribution in [3.05, 3.63) is 0 Å². The van der Waals surface area contributed by atoms with Crippen molar-refractivity contribution in [1.29, 1.82) is 0 Å². The second kappa shape index (κ2) is 6.42. The van der Waals surface area contributed by atoms with E-state index in [-0.39, 0.29) is 25.1 Å². The van der Waals surface area contributed by atoms with Gasteiger partial charge in [0.2, 0.25) is 0 Å². The van der Waals surface area contributed by atoms with Crippen molar-refractivity contribution in [2.24, 2.45) is 0 Å². The normalized spacial score (nSPS) is 9.31. The Morgan fingerprint density at radius 1 is 1.15 bits per heavy atom. The molecule has 0 rings (SSSR count). The van der Waals surface area contributed by atoms with Gasteiger partial charge in [-0.2, -0.15) is 0 Å². The molecule has 0 atom stereocenters. The van der Waals surface area contributed by atoms with Crippen LogP contribution in [0.15, 0.2) is 0 Å². The molecule has 0 aliphatic rings. The van der Waals surface area contributed by atoms with E-state index in [4.69, 9.17) is 16.7 Å². The fraction of sp³-hybridized carbons (Fsp3) is 0.571. The van der Waals surface area contributed by atoms with Gasteiger partial charge in [0, 0.05) is 12.8 Å². The van der Waals surface area contributed by atoms with Crippen LogP contribution in [0.1, 0.15) is 19.3 Å². The number of rotatable bonds is 5. The first kappa shape index (κ1) is 11.9. The van der Waals surface area contributed by atoms with E-state index >= 15 is 0 Å². The van der Waals surface area contributed by atoms with Gasteiger partial charge in [-0.1, -0.05) is 0 Å². The van der Waals surface area contributed by atoms with Gasteiger partial charge in [-0.3, -0.25) is 14.4 Å². The second-order valence-electron chi connectivity index (χ2n) is 2.23. The monoisotopic (exact) mass is 208 g/mol. The third-order valence-corrected chi connectivity index (χ3v) is 1.33. The molecule has 6 heteroatoms. The maximum Gasteiger partial charge on any atom is 0.328 e. The quantitative estimate of drug-likeness (QED) is 0.405. The van der Waals surface area contributed by atoms with Gasteiger partial charge in [0.25, 0.3) is 0 Å². The highest BCUT2D eigenvalue weighted by Crippen LogP contribution is 1.98. The van der Waals surface area contributed by atoms with Gasteiger partial charge >= 0.3 is 17.9 Å². The molecule has 74 valence electrons. The molecule has 0 saturated heterocycles. The number of hydrogen-bond acceptors (Lipinski definition) is 4. The van der Waals surface area contributed by atoms with Gasteiger partial charge in [0.1, 0.15) is 5.88 Å². The van der Waals surface area contributed by atoms with Gasteiger partial charge in [-0.25, -0.2) is 0 Å². The summed E-state index contributed by atoms with van der Waals surface area (Å²) in [6.07, 6.45) is -0.0528. The summed E-state index contributed by atoms with van der Waals surface area (Å²) in [6, 6.07) is 0. The first-order valence-electron chi connectivity index (χ1n) is 3.57. The molecule has 13 heavy (non-hydrogen) atoms. The summed E-state index contributed by atoms with van der Waals surface area (Å²) < 4.78 is 4.18. The van der Waals surface area contributed by atoms with Crippen molar-refractivity contribution < 1.29 is 24.2 Å². The van der Waals surface area contributed by atoms with Crippen LogP contribution < -0.4 is 0 Å². The van der Waals surface area contributed by atoms with Crippen molar-refractivity contribution in [1.82, 2.24) is 0 Å². The number of carbonyl (C=O) groups excluding carboxylic acids is 2. The highest BCUT2D eigenvalue weighted by Gasteiger charge is 2.09. The van der Waals surface area contributed by atoms with Gasteiger partial charge in [0.15, 0.2) is 0 Å². The molecule has 0 radical (unpaired) electrons. The van der Waals surface area contributed by atoms with Crippen molar-refractivity contribution in [2.45, 2.75) is 19.3 Å². The molecule has 0 unspecified atom stereocenters. The van der Waals surface area contributed by atoms with Crippen molar-refractivity contribution >= 4 is 29.5 Å². The van der Waals surface area contributed by atoms with Crippen LogP contribution in [0.4, 0.5) is 0 Å². The number of halogens is 1. The Bertz CT molecular complexity index is 213. The van der Waals surface area contributed by atoms with Crippen LogP contribution in [0.5, 0.6) is 0 Å². The molecule has 1 N–H and O–H groups in total. The zero-order chi connectivity index (χ0) is 10.3. The Morgan fingerprint density at radius 3 is 2.23 bits per heavy atom. The number of hydrogen-bond donors (Lipinski definition) is 1. The highest BCUT2D eigenvalue weighted by atomic mass is 35.5. The molecule has 0 fully saturated rings. The summed E-state index contributed by atoms with van der Waals surface area (Å²) in [5.41, 5.74) is 0. The first-order valence-corrected chi connectivity index (χ1v) is 4.11. The molecular formula is C7H9ClO5. The maximum absolute atomic E-state index is 10.7. The predicted octanol–water partition coefficient (Wildman–Crippen LogP) is 0.550. The van der Waals surface area contributed by atoms with Crippen molar-refractivity contribution in [2.75, 3.05) is 5.88 Å². The van der Waals surface area contributed by atoms with Crippen molar-refractivity contribution in [3.8, 4) is 0 Å². The van der Waals surface area contributed by atoms with E-state index in [1.165, 1.54) is 0 Å². The van der Waals surface area contributed by atoms with E-state index in [9.17, 15) is 14.4 Å². The summed E-state index contributed by atoms with van der Waals surface area (Å²) in [4.78, 5) is 31.1. The number of alkyl halides is 1. The number of carboxylic acid groups (broad SMARTS) is 1. The Hall–Kier alpha value is -1.10. The van der Waals surface area contributed by atoms with Crippen molar-refractivity contribution in [3.63, 3.8) is 0 Å². The molecule has 0 aliphatic heterocycles. The van der Waals surface area contributed by atoms with Crippen LogP contribution in [0.25, 0.3) is 0 Å². The predicted molar refractivity (Wildman–Crippen MR) is 43.3 cm³/mol. The number of esters is 2. The Balaban J connectivity index is 3.52. The van der Waals surface area contributed by atoms with E-state index in [1.54, 1.807) is 0 Å². The lowest BCUT2D eigenvalue weighted by Gasteiger charge is -1.98. The SMILES string of the molecule is O=C(O)CCCC(=O)OC(=O)CCl. The van der Waals surface area contributed by atoms with E-state index < -0.39 is 17.9 Å². The van der Waals surface area contributed by atoms with Crippen LogP contribution in [0, 0.1) is 0 Å². The molecule has 0 aliphatic carbocycles. The van der Waals surface area contributed by atoms with Crippen LogP contribution in [0.3, 0.4) is 0 Å². The van der Waals surface area contributed by atoms with Crippen LogP contribution in [-0.4, -0.2) is 28.9 Å². The molecule has 0 bridgehead atoms. The molecule has 5 nitrogen and oxygen atoms in total. The Kier molecular flexibility index (Phi) is 5.88. The van der Waals surface area contributed by atoms with Crippen LogP contribution >= 0.6 is 11.6 Å². The molecule has 0 aromatic rings. The van der Waals surface area contributed by atoms with Gasteiger partial charge < -0.3 is 9.84 Å². The van der Waals surface area contributed by atoms with E-state index in [0.717, 1.165) is 0 Å². The van der Waals surface area contributed by atoms with Crippen LogP contribution in [0.2, 0.25) is 0 Å². The maximum atomic E-state index is 10.7. The van der Waals surface area contributed by atoms with Gasteiger partial charge in [-0.15, -0.1) is 11.6 Å². The van der Waals surface area contributed by atoms with E-state index in [2.05, 4.69) is 4.74 Å². The third-order valence-electron chi connectivity index (χ3n) is 1.11. The minimum absolute atomic E-state index is 0.0884. The van der Waals surface area contributed by atoms with Crippen LogP contribution in [-0.2, 0) is 19.1 Å². The third kappa shape index (κ3) is 7.27. The molecule has 0 aromatic carbocycles. The summed E-state index contributed by atoms with van der Waals surface area (Å²) in [5.74, 6) is -2.93. The average Bonchev–Trinajstić information content (AvgIpc) is 2.03. The summed E-state index contributed by atoms with van der Waals surface area (Å²) >= 11 is 5.06. The number of carbonyl (C=O) groups is 3. The standard InChI is InChI=1S/C7H9ClO5/c8-4-7(12)13-6(11)3-1-2-5(9)10/h1-4H2,(H,9,10). The van der Waals surface area contributed by atoms with E-state index in [1.807, 2.05) is 0 Å². The zero-order valence-corrected chi connectivity index (χ0v) is 7.54. The molecular weight excluding hydrogens is 200 g/mol. The Labute approximate surface area is 79.6 Å². The lowest BCUT2D eigenvalue weighted by molar-refractivity contribution is -0.157. The average molecular weight is 209 g/mol. The fourth-order valence-electron chi connectivity index (χ4n) is 0.589. The first-order chi connectivity index (χ1) is 6.06. The number of carboxylic acids is 1.